The molecule has 3 heterocycles. The highest BCUT2D eigenvalue weighted by atomic mass is 32.1. The largest absolute Gasteiger partial charge is 0.429 e. The molecule has 0 N–H and O–H groups in total. The Labute approximate surface area is 114 Å². The van der Waals surface area contributed by atoms with Crippen LogP contribution in [-0.2, 0) is 13.5 Å². The van der Waals surface area contributed by atoms with Gasteiger partial charge in [0.25, 0.3) is 4.84 Å². The van der Waals surface area contributed by atoms with Crippen LogP contribution in [0.4, 0.5) is 0 Å². The fraction of sp³-hybridized carbons (Fsp3) is 0.231. The summed E-state index contributed by atoms with van der Waals surface area (Å²) >= 11 is 10.7. The zero-order valence-electron chi connectivity index (χ0n) is 10.1. The molecule has 0 bridgehead atoms. The van der Waals surface area contributed by atoms with Crippen LogP contribution in [0.25, 0.3) is 16.6 Å². The Morgan fingerprint density at radius 1 is 1.28 bits per heavy atom. The summed E-state index contributed by atoms with van der Waals surface area (Å²) < 4.78 is 10.3. The van der Waals surface area contributed by atoms with Gasteiger partial charge in [-0.15, -0.1) is 0 Å². The van der Waals surface area contributed by atoms with Gasteiger partial charge in [0.05, 0.1) is 5.52 Å². The molecular formula is C13H12N2OS2. The second-order valence-corrected chi connectivity index (χ2v) is 4.93. The van der Waals surface area contributed by atoms with Gasteiger partial charge in [0.15, 0.2) is 5.58 Å². The molecule has 0 spiro atoms. The van der Waals surface area contributed by atoms with Crippen molar-refractivity contribution in [2.24, 2.45) is 7.05 Å². The Kier molecular flexibility index (Phi) is 2.60. The number of aromatic nitrogens is 2. The van der Waals surface area contributed by atoms with Gasteiger partial charge in [-0.1, -0.05) is 25.2 Å². The molecule has 18 heavy (non-hydrogen) atoms. The summed E-state index contributed by atoms with van der Waals surface area (Å²) in [5.74, 6) is 0. The molecule has 3 aromatic heterocycles. The van der Waals surface area contributed by atoms with Crippen molar-refractivity contribution in [3.05, 3.63) is 39.4 Å². The van der Waals surface area contributed by atoms with Crippen LogP contribution in [0.3, 0.4) is 0 Å². The van der Waals surface area contributed by atoms with Gasteiger partial charge in [0, 0.05) is 18.8 Å². The summed E-state index contributed by atoms with van der Waals surface area (Å²) in [4.78, 5) is 0.415. The molecule has 0 aromatic carbocycles. The van der Waals surface area contributed by atoms with Gasteiger partial charge in [-0.25, -0.2) is 0 Å². The molecular weight excluding hydrogens is 264 g/mol. The van der Waals surface area contributed by atoms with Crippen LogP contribution < -0.4 is 0 Å². The molecule has 0 aliphatic heterocycles. The van der Waals surface area contributed by atoms with Crippen molar-refractivity contribution in [2.45, 2.75) is 13.3 Å². The highest BCUT2D eigenvalue weighted by Crippen LogP contribution is 2.28. The van der Waals surface area contributed by atoms with E-state index in [1.54, 1.807) is 4.57 Å². The summed E-state index contributed by atoms with van der Waals surface area (Å²) in [7, 11) is 1.83. The Morgan fingerprint density at radius 2 is 2.06 bits per heavy atom. The number of pyridine rings is 1. The first kappa shape index (κ1) is 11.6. The van der Waals surface area contributed by atoms with Gasteiger partial charge in [-0.2, -0.15) is 0 Å². The summed E-state index contributed by atoms with van der Waals surface area (Å²) in [5, 5.41) is 0. The van der Waals surface area contributed by atoms with E-state index >= 15 is 0 Å². The van der Waals surface area contributed by atoms with Crippen molar-refractivity contribution in [2.75, 3.05) is 0 Å². The molecule has 0 aliphatic carbocycles. The summed E-state index contributed by atoms with van der Waals surface area (Å²) in [6.45, 7) is 2.11. The lowest BCUT2D eigenvalue weighted by atomic mass is 10.2. The fourth-order valence-electron chi connectivity index (χ4n) is 2.30. The van der Waals surface area contributed by atoms with Crippen molar-refractivity contribution < 1.29 is 4.42 Å². The topological polar surface area (TPSA) is 22.5 Å². The maximum atomic E-state index is 5.77. The number of hydrogen-bond donors (Lipinski definition) is 0. The number of aryl methyl sites for hydroxylation is 1. The third kappa shape index (κ3) is 1.41. The van der Waals surface area contributed by atoms with Crippen molar-refractivity contribution in [3.63, 3.8) is 0 Å². The smallest absolute Gasteiger partial charge is 0.269 e. The molecule has 0 saturated heterocycles. The first-order valence-electron chi connectivity index (χ1n) is 5.77. The average molecular weight is 276 g/mol. The second-order valence-electron chi connectivity index (χ2n) is 4.20. The number of rotatable bonds is 1. The lowest BCUT2D eigenvalue weighted by molar-refractivity contribution is 0.517. The number of hydrogen-bond acceptors (Lipinski definition) is 3. The third-order valence-electron chi connectivity index (χ3n) is 3.22. The van der Waals surface area contributed by atoms with Gasteiger partial charge in [-0.3, -0.25) is 4.57 Å². The van der Waals surface area contributed by atoms with Crippen molar-refractivity contribution in [1.29, 1.82) is 0 Å². The quantitative estimate of drug-likeness (QED) is 0.626. The van der Waals surface area contributed by atoms with E-state index in [4.69, 9.17) is 28.9 Å². The van der Waals surface area contributed by atoms with E-state index in [2.05, 4.69) is 17.4 Å². The van der Waals surface area contributed by atoms with Crippen molar-refractivity contribution in [1.82, 2.24) is 8.97 Å². The van der Waals surface area contributed by atoms with Gasteiger partial charge in [0.1, 0.15) is 10.2 Å². The molecule has 0 amide bonds. The summed E-state index contributed by atoms with van der Waals surface area (Å²) in [6.07, 6.45) is 2.89. The van der Waals surface area contributed by atoms with Crippen LogP contribution in [0, 0.1) is 9.48 Å². The summed E-state index contributed by atoms with van der Waals surface area (Å²) in [6, 6.07) is 6.08. The first-order chi connectivity index (χ1) is 8.65. The van der Waals surface area contributed by atoms with E-state index in [9.17, 15) is 0 Å². The van der Waals surface area contributed by atoms with E-state index in [1.807, 2.05) is 25.4 Å². The molecule has 0 unspecified atom stereocenters. The van der Waals surface area contributed by atoms with Gasteiger partial charge in [-0.05, 0) is 30.8 Å². The minimum Gasteiger partial charge on any atom is -0.429 e. The van der Waals surface area contributed by atoms with Gasteiger partial charge >= 0.3 is 0 Å². The molecule has 0 aliphatic rings. The summed E-state index contributed by atoms with van der Waals surface area (Å²) in [5.41, 5.74) is 4.03. The standard InChI is InChI=1S/C13H12N2OS2/c1-3-8-9-6-4-5-7-15(9)10-11(8)16-13(18)14(2)12(10)17/h4-7H,3H2,1-2H3. The Bertz CT molecular complexity index is 870. The van der Waals surface area contributed by atoms with Crippen molar-refractivity contribution in [3.8, 4) is 0 Å². The maximum absolute atomic E-state index is 5.77. The van der Waals surface area contributed by atoms with Gasteiger partial charge < -0.3 is 8.82 Å². The highest BCUT2D eigenvalue weighted by Gasteiger charge is 2.14. The SMILES string of the molecule is CCc1c2oc(=S)n(C)c(=S)c2n2ccccc12. The Morgan fingerprint density at radius 3 is 2.78 bits per heavy atom. The second kappa shape index (κ2) is 4.03. The highest BCUT2D eigenvalue weighted by molar-refractivity contribution is 7.72. The predicted molar refractivity (Wildman–Crippen MR) is 77.2 cm³/mol. The van der Waals surface area contributed by atoms with E-state index in [-0.39, 0.29) is 0 Å². The normalized spacial score (nSPS) is 11.4. The predicted octanol–water partition coefficient (Wildman–Crippen LogP) is 4.05. The molecule has 3 aromatic rings. The van der Waals surface area contributed by atoms with Crippen LogP contribution >= 0.6 is 24.4 Å². The van der Waals surface area contributed by atoms with Gasteiger partial charge in [0.2, 0.25) is 0 Å². The van der Waals surface area contributed by atoms with Crippen molar-refractivity contribution >= 4 is 41.1 Å². The first-order valence-corrected chi connectivity index (χ1v) is 6.58. The number of fused-ring (bicyclic) bond motifs is 3. The lowest BCUT2D eigenvalue weighted by Gasteiger charge is -2.00. The van der Waals surface area contributed by atoms with Crippen LogP contribution in [0.15, 0.2) is 28.8 Å². The maximum Gasteiger partial charge on any atom is 0.269 e. The molecule has 0 radical (unpaired) electrons. The van der Waals surface area contributed by atoms with E-state index in [0.717, 1.165) is 28.6 Å². The van der Waals surface area contributed by atoms with E-state index < -0.39 is 0 Å². The van der Waals surface area contributed by atoms with Crippen LogP contribution in [0.2, 0.25) is 0 Å². The fourth-order valence-corrected chi connectivity index (χ4v) is 2.81. The molecule has 0 atom stereocenters. The molecule has 3 rings (SSSR count). The third-order valence-corrected chi connectivity index (χ3v) is 4.05. The minimum atomic E-state index is 0.415. The minimum absolute atomic E-state index is 0.415. The van der Waals surface area contributed by atoms with E-state index in [1.165, 1.54) is 0 Å². The van der Waals surface area contributed by atoms with Crippen LogP contribution in [0.5, 0.6) is 0 Å². The number of nitrogens with zero attached hydrogens (tertiary/aromatic N) is 2. The van der Waals surface area contributed by atoms with Crippen LogP contribution in [0.1, 0.15) is 12.5 Å². The van der Waals surface area contributed by atoms with E-state index in [0.29, 0.717) is 9.48 Å². The molecule has 5 heteroatoms. The van der Waals surface area contributed by atoms with Crippen LogP contribution in [-0.4, -0.2) is 8.97 Å². The molecule has 0 fully saturated rings. The Hall–Kier alpha value is -1.46. The average Bonchev–Trinajstić information content (AvgIpc) is 2.69. The molecule has 0 saturated carbocycles. The molecule has 92 valence electrons. The Balaban J connectivity index is 2.74. The zero-order valence-corrected chi connectivity index (χ0v) is 11.8. The molecule has 3 nitrogen and oxygen atoms in total. The zero-order chi connectivity index (χ0) is 12.9. The lowest BCUT2D eigenvalue weighted by Crippen LogP contribution is -1.95. The monoisotopic (exact) mass is 276 g/mol.